The molecule has 4 heteroatoms. The number of thioether (sulfide) groups is 1. The highest BCUT2D eigenvalue weighted by atomic mass is 79.9. The van der Waals surface area contributed by atoms with Crippen molar-refractivity contribution in [2.24, 2.45) is 0 Å². The fraction of sp³-hybridized carbons (Fsp3) is 0.235. The molecule has 0 spiro atoms. The molecule has 0 aromatic heterocycles. The summed E-state index contributed by atoms with van der Waals surface area (Å²) < 4.78 is 1.04. The fourth-order valence-corrected chi connectivity index (χ4v) is 3.02. The minimum absolute atomic E-state index is 0.0305. The number of hydrogen-bond donors (Lipinski definition) is 1. The maximum absolute atomic E-state index is 11.9. The molecule has 0 aliphatic heterocycles. The van der Waals surface area contributed by atoms with Crippen LogP contribution in [0.15, 0.2) is 59.1 Å². The monoisotopic (exact) mass is 363 g/mol. The third kappa shape index (κ3) is 5.56. The van der Waals surface area contributed by atoms with Crippen LogP contribution in [0.5, 0.6) is 0 Å². The lowest BCUT2D eigenvalue weighted by Crippen LogP contribution is -2.28. The zero-order valence-electron chi connectivity index (χ0n) is 11.9. The predicted molar refractivity (Wildman–Crippen MR) is 93.3 cm³/mol. The van der Waals surface area contributed by atoms with Crippen molar-refractivity contribution in [3.05, 3.63) is 70.2 Å². The van der Waals surface area contributed by atoms with Crippen LogP contribution in [0, 0.1) is 0 Å². The Kier molecular flexibility index (Phi) is 6.33. The Labute approximate surface area is 138 Å². The molecular weight excluding hydrogens is 346 g/mol. The highest BCUT2D eigenvalue weighted by molar-refractivity contribution is 9.10. The summed E-state index contributed by atoms with van der Waals surface area (Å²) >= 11 is 5.05. The van der Waals surface area contributed by atoms with Crippen molar-refractivity contribution in [1.29, 1.82) is 0 Å². The molecule has 2 aromatic rings. The van der Waals surface area contributed by atoms with Gasteiger partial charge < -0.3 is 5.32 Å². The summed E-state index contributed by atoms with van der Waals surface area (Å²) in [4.78, 5) is 11.9. The van der Waals surface area contributed by atoms with Crippen molar-refractivity contribution in [3.8, 4) is 0 Å². The third-order valence-corrected chi connectivity index (χ3v) is 4.62. The largest absolute Gasteiger partial charge is 0.349 e. The number of rotatable bonds is 6. The Hall–Kier alpha value is -1.26. The lowest BCUT2D eigenvalue weighted by molar-refractivity contribution is -0.119. The Morgan fingerprint density at radius 3 is 2.48 bits per heavy atom. The first-order valence-electron chi connectivity index (χ1n) is 6.81. The topological polar surface area (TPSA) is 29.1 Å². The molecule has 0 heterocycles. The second-order valence-electron chi connectivity index (χ2n) is 4.82. The quantitative estimate of drug-likeness (QED) is 0.814. The Bertz CT molecular complexity index is 571. The van der Waals surface area contributed by atoms with Gasteiger partial charge in [-0.25, -0.2) is 0 Å². The van der Waals surface area contributed by atoms with Crippen LogP contribution in [0.1, 0.15) is 24.1 Å². The maximum atomic E-state index is 11.9. The van der Waals surface area contributed by atoms with Crippen LogP contribution < -0.4 is 5.32 Å². The van der Waals surface area contributed by atoms with Gasteiger partial charge in [0, 0.05) is 10.2 Å². The predicted octanol–water partition coefficient (Wildman–Crippen LogP) is 4.56. The molecule has 0 radical (unpaired) electrons. The smallest absolute Gasteiger partial charge is 0.230 e. The molecular formula is C17H18BrNOS. The molecule has 0 saturated carbocycles. The van der Waals surface area contributed by atoms with E-state index >= 15 is 0 Å². The minimum atomic E-state index is 0.0305. The molecule has 0 aliphatic carbocycles. The minimum Gasteiger partial charge on any atom is -0.349 e. The van der Waals surface area contributed by atoms with Crippen molar-refractivity contribution in [2.45, 2.75) is 18.7 Å². The van der Waals surface area contributed by atoms with Crippen molar-refractivity contribution in [1.82, 2.24) is 5.32 Å². The Morgan fingerprint density at radius 1 is 1.14 bits per heavy atom. The summed E-state index contributed by atoms with van der Waals surface area (Å²) in [7, 11) is 0. The van der Waals surface area contributed by atoms with Gasteiger partial charge in [-0.3, -0.25) is 4.79 Å². The van der Waals surface area contributed by atoms with E-state index < -0.39 is 0 Å². The van der Waals surface area contributed by atoms with Crippen LogP contribution in [0.25, 0.3) is 0 Å². The highest BCUT2D eigenvalue weighted by Gasteiger charge is 2.09. The molecule has 2 rings (SSSR count). The maximum Gasteiger partial charge on any atom is 0.230 e. The van der Waals surface area contributed by atoms with E-state index in [1.807, 2.05) is 49.4 Å². The number of carbonyl (C=O) groups is 1. The molecule has 1 N–H and O–H groups in total. The molecule has 1 amide bonds. The van der Waals surface area contributed by atoms with Gasteiger partial charge in [0.15, 0.2) is 0 Å². The van der Waals surface area contributed by atoms with E-state index in [1.165, 1.54) is 5.56 Å². The molecule has 0 saturated heterocycles. The molecule has 2 nitrogen and oxygen atoms in total. The number of amides is 1. The summed E-state index contributed by atoms with van der Waals surface area (Å²) in [5.74, 6) is 1.42. The van der Waals surface area contributed by atoms with E-state index in [0.717, 1.165) is 15.8 Å². The summed E-state index contributed by atoms with van der Waals surface area (Å²) in [6.07, 6.45) is 0. The number of benzene rings is 2. The van der Waals surface area contributed by atoms with E-state index in [2.05, 4.69) is 33.4 Å². The number of hydrogen-bond acceptors (Lipinski definition) is 2. The van der Waals surface area contributed by atoms with E-state index in [-0.39, 0.29) is 11.9 Å². The summed E-state index contributed by atoms with van der Waals surface area (Å²) in [5, 5.41) is 3.03. The van der Waals surface area contributed by atoms with Crippen LogP contribution in [-0.2, 0) is 10.5 Å². The lowest BCUT2D eigenvalue weighted by Gasteiger charge is -2.14. The second kappa shape index (κ2) is 8.25. The van der Waals surface area contributed by atoms with Gasteiger partial charge in [0.25, 0.3) is 0 Å². The van der Waals surface area contributed by atoms with Crippen LogP contribution in [0.4, 0.5) is 0 Å². The second-order valence-corrected chi connectivity index (χ2v) is 6.72. The van der Waals surface area contributed by atoms with Gasteiger partial charge in [0.05, 0.1) is 11.8 Å². The molecule has 0 fully saturated rings. The lowest BCUT2D eigenvalue weighted by atomic mass is 10.1. The molecule has 1 atom stereocenters. The molecule has 0 aliphatic rings. The van der Waals surface area contributed by atoms with Crippen LogP contribution >= 0.6 is 27.7 Å². The first-order valence-corrected chi connectivity index (χ1v) is 8.76. The van der Waals surface area contributed by atoms with Gasteiger partial charge in [0.2, 0.25) is 5.91 Å². The number of halogens is 1. The first-order chi connectivity index (χ1) is 10.1. The Balaban J connectivity index is 1.75. The van der Waals surface area contributed by atoms with E-state index in [9.17, 15) is 4.79 Å². The van der Waals surface area contributed by atoms with E-state index in [0.29, 0.717) is 5.75 Å². The molecule has 1 unspecified atom stereocenters. The summed E-state index contributed by atoms with van der Waals surface area (Å²) in [6, 6.07) is 18.2. The average Bonchev–Trinajstić information content (AvgIpc) is 2.49. The van der Waals surface area contributed by atoms with Gasteiger partial charge in [-0.05, 0) is 30.2 Å². The van der Waals surface area contributed by atoms with Crippen molar-refractivity contribution >= 4 is 33.6 Å². The highest BCUT2D eigenvalue weighted by Crippen LogP contribution is 2.17. The molecule has 0 bridgehead atoms. The summed E-state index contributed by atoms with van der Waals surface area (Å²) in [5.41, 5.74) is 2.36. The number of nitrogens with one attached hydrogen (secondary N) is 1. The van der Waals surface area contributed by atoms with Gasteiger partial charge in [-0.2, -0.15) is 0 Å². The number of carbonyl (C=O) groups excluding carboxylic acids is 1. The fourth-order valence-electron chi connectivity index (χ4n) is 1.95. The molecule has 110 valence electrons. The van der Waals surface area contributed by atoms with Crippen molar-refractivity contribution < 1.29 is 4.79 Å². The zero-order valence-corrected chi connectivity index (χ0v) is 14.3. The summed E-state index contributed by atoms with van der Waals surface area (Å²) in [6.45, 7) is 2.00. The van der Waals surface area contributed by atoms with E-state index in [4.69, 9.17) is 0 Å². The standard InChI is InChI=1S/C17H18BrNOS/c1-13(15-7-9-16(18)10-8-15)19-17(20)12-21-11-14-5-3-2-4-6-14/h2-10,13H,11-12H2,1H3,(H,19,20). The van der Waals surface area contributed by atoms with Gasteiger partial charge >= 0.3 is 0 Å². The third-order valence-electron chi connectivity index (χ3n) is 3.09. The van der Waals surface area contributed by atoms with E-state index in [1.54, 1.807) is 11.8 Å². The normalized spacial score (nSPS) is 11.9. The van der Waals surface area contributed by atoms with Gasteiger partial charge in [0.1, 0.15) is 0 Å². The van der Waals surface area contributed by atoms with Crippen molar-refractivity contribution in [3.63, 3.8) is 0 Å². The van der Waals surface area contributed by atoms with Crippen LogP contribution in [0.3, 0.4) is 0 Å². The van der Waals surface area contributed by atoms with Crippen LogP contribution in [0.2, 0.25) is 0 Å². The molecule has 2 aromatic carbocycles. The van der Waals surface area contributed by atoms with Crippen molar-refractivity contribution in [2.75, 3.05) is 5.75 Å². The average molecular weight is 364 g/mol. The van der Waals surface area contributed by atoms with Gasteiger partial charge in [-0.1, -0.05) is 58.4 Å². The Morgan fingerprint density at radius 2 is 1.81 bits per heavy atom. The SMILES string of the molecule is CC(NC(=O)CSCc1ccccc1)c1ccc(Br)cc1. The van der Waals surface area contributed by atoms with Crippen LogP contribution in [-0.4, -0.2) is 11.7 Å². The van der Waals surface area contributed by atoms with Gasteiger partial charge in [-0.15, -0.1) is 11.8 Å². The first kappa shape index (κ1) is 16.1. The molecule has 21 heavy (non-hydrogen) atoms. The zero-order chi connectivity index (χ0) is 15.1.